The number of carbonyl (C=O) groups is 1. The fourth-order valence-corrected chi connectivity index (χ4v) is 2.47. The quantitative estimate of drug-likeness (QED) is 0.816. The van der Waals surface area contributed by atoms with Crippen LogP contribution >= 0.6 is 11.6 Å². The molecule has 1 amide bonds. The summed E-state index contributed by atoms with van der Waals surface area (Å²) >= 11 is 5.84. The van der Waals surface area contributed by atoms with E-state index >= 15 is 0 Å². The Morgan fingerprint density at radius 3 is 2.79 bits per heavy atom. The Morgan fingerprint density at radius 1 is 1.58 bits per heavy atom. The van der Waals surface area contributed by atoms with Crippen LogP contribution in [0.5, 0.6) is 0 Å². The summed E-state index contributed by atoms with van der Waals surface area (Å²) in [7, 11) is 0. The van der Waals surface area contributed by atoms with Crippen molar-refractivity contribution in [1.82, 2.24) is 4.90 Å². The number of nitrogens with zero attached hydrogens (tertiary/aromatic N) is 1. The van der Waals surface area contributed by atoms with Gasteiger partial charge in [0.1, 0.15) is 0 Å². The van der Waals surface area contributed by atoms with Gasteiger partial charge in [0.25, 0.3) is 0 Å². The molecule has 19 heavy (non-hydrogen) atoms. The molecule has 1 aromatic rings. The van der Waals surface area contributed by atoms with E-state index in [2.05, 4.69) is 17.1 Å². The molecule has 0 aliphatic heterocycles. The molecule has 104 valence electrons. The highest BCUT2D eigenvalue weighted by Gasteiger charge is 2.33. The number of benzene rings is 1. The molecule has 0 saturated heterocycles. The monoisotopic (exact) mass is 281 g/mol. The van der Waals surface area contributed by atoms with Crippen molar-refractivity contribution in [3.8, 4) is 0 Å². The lowest BCUT2D eigenvalue weighted by Gasteiger charge is -2.26. The van der Waals surface area contributed by atoms with E-state index in [1.165, 1.54) is 12.8 Å². The van der Waals surface area contributed by atoms with Crippen LogP contribution in [-0.2, 0) is 4.79 Å². The number of anilines is 2. The first-order valence-electron chi connectivity index (χ1n) is 6.64. The molecule has 1 aliphatic rings. The molecule has 1 aliphatic carbocycles. The molecular formula is C14H20ClN3O. The number of hydrogen-bond donors (Lipinski definition) is 2. The zero-order valence-corrected chi connectivity index (χ0v) is 12.1. The van der Waals surface area contributed by atoms with Gasteiger partial charge in [0.15, 0.2) is 0 Å². The zero-order valence-electron chi connectivity index (χ0n) is 11.3. The largest absolute Gasteiger partial charge is 0.397 e. The highest BCUT2D eigenvalue weighted by atomic mass is 35.5. The Labute approximate surface area is 118 Å². The Hall–Kier alpha value is -1.26. The lowest BCUT2D eigenvalue weighted by molar-refractivity contribution is -0.120. The molecule has 0 aromatic heterocycles. The van der Waals surface area contributed by atoms with Crippen LogP contribution in [-0.4, -0.2) is 29.4 Å². The van der Waals surface area contributed by atoms with E-state index in [0.717, 1.165) is 6.54 Å². The highest BCUT2D eigenvalue weighted by Crippen LogP contribution is 2.29. The molecule has 1 aromatic carbocycles. The predicted molar refractivity (Wildman–Crippen MR) is 79.4 cm³/mol. The van der Waals surface area contributed by atoms with Gasteiger partial charge in [-0.3, -0.25) is 9.69 Å². The van der Waals surface area contributed by atoms with Gasteiger partial charge in [0.05, 0.1) is 17.4 Å². The van der Waals surface area contributed by atoms with Crippen molar-refractivity contribution in [1.29, 1.82) is 0 Å². The van der Waals surface area contributed by atoms with Crippen molar-refractivity contribution < 1.29 is 4.79 Å². The molecule has 5 heteroatoms. The van der Waals surface area contributed by atoms with Crippen LogP contribution in [0.3, 0.4) is 0 Å². The van der Waals surface area contributed by atoms with Crippen molar-refractivity contribution in [3.05, 3.63) is 23.2 Å². The van der Waals surface area contributed by atoms with Crippen LogP contribution in [0, 0.1) is 0 Å². The molecule has 0 spiro atoms. The summed E-state index contributed by atoms with van der Waals surface area (Å²) in [5.74, 6) is -0.0252. The average molecular weight is 282 g/mol. The predicted octanol–water partition coefficient (Wildman–Crippen LogP) is 2.73. The van der Waals surface area contributed by atoms with Crippen molar-refractivity contribution in [2.24, 2.45) is 0 Å². The molecule has 3 N–H and O–H groups in total. The maximum Gasteiger partial charge on any atom is 0.241 e. The smallest absolute Gasteiger partial charge is 0.241 e. The van der Waals surface area contributed by atoms with E-state index in [-0.39, 0.29) is 11.9 Å². The second kappa shape index (κ2) is 5.80. The number of nitrogens with two attached hydrogens (primary N) is 1. The Kier molecular flexibility index (Phi) is 4.32. The summed E-state index contributed by atoms with van der Waals surface area (Å²) in [5.41, 5.74) is 6.94. The van der Waals surface area contributed by atoms with Gasteiger partial charge < -0.3 is 11.1 Å². The van der Waals surface area contributed by atoms with Crippen LogP contribution < -0.4 is 11.1 Å². The van der Waals surface area contributed by atoms with E-state index < -0.39 is 0 Å². The van der Waals surface area contributed by atoms with Gasteiger partial charge in [0, 0.05) is 11.1 Å². The molecule has 1 unspecified atom stereocenters. The molecular weight excluding hydrogens is 262 g/mol. The first-order valence-corrected chi connectivity index (χ1v) is 7.02. The molecule has 1 saturated carbocycles. The lowest BCUT2D eigenvalue weighted by Crippen LogP contribution is -2.43. The van der Waals surface area contributed by atoms with Crippen molar-refractivity contribution in [2.45, 2.75) is 38.8 Å². The van der Waals surface area contributed by atoms with E-state index in [1.807, 2.05) is 6.92 Å². The number of rotatable bonds is 5. The Bertz CT molecular complexity index is 474. The topological polar surface area (TPSA) is 58.4 Å². The minimum absolute atomic E-state index is 0.0252. The minimum atomic E-state index is -0.146. The highest BCUT2D eigenvalue weighted by molar-refractivity contribution is 6.31. The fraction of sp³-hybridized carbons (Fsp3) is 0.500. The first kappa shape index (κ1) is 14.2. The Morgan fingerprint density at radius 2 is 2.26 bits per heavy atom. The number of carbonyl (C=O) groups excluding carboxylic acids is 1. The zero-order chi connectivity index (χ0) is 14.0. The Balaban J connectivity index is 2.03. The molecule has 0 heterocycles. The number of nitrogen functional groups attached to an aromatic ring is 1. The van der Waals surface area contributed by atoms with Gasteiger partial charge in [0.2, 0.25) is 5.91 Å². The van der Waals surface area contributed by atoms with Gasteiger partial charge in [-0.15, -0.1) is 0 Å². The van der Waals surface area contributed by atoms with Crippen molar-refractivity contribution in [2.75, 3.05) is 17.6 Å². The van der Waals surface area contributed by atoms with Gasteiger partial charge in [-0.2, -0.15) is 0 Å². The normalized spacial score (nSPS) is 16.4. The molecule has 1 fully saturated rings. The van der Waals surface area contributed by atoms with Crippen LogP contribution in [0.15, 0.2) is 18.2 Å². The average Bonchev–Trinajstić information content (AvgIpc) is 3.18. The summed E-state index contributed by atoms with van der Waals surface area (Å²) in [4.78, 5) is 14.5. The second-order valence-corrected chi connectivity index (χ2v) is 5.39. The standard InChI is InChI=1S/C14H20ClN3O/c1-3-18(11-5-6-11)9(2)14(19)17-13-7-4-10(15)8-12(13)16/h4,7-9,11H,3,5-6,16H2,1-2H3,(H,17,19). The van der Waals surface area contributed by atoms with E-state index in [9.17, 15) is 4.79 Å². The first-order chi connectivity index (χ1) is 9.02. The molecule has 4 nitrogen and oxygen atoms in total. The van der Waals surface area contributed by atoms with Gasteiger partial charge in [-0.25, -0.2) is 0 Å². The third kappa shape index (κ3) is 3.39. The van der Waals surface area contributed by atoms with Gasteiger partial charge in [-0.05, 0) is 44.5 Å². The summed E-state index contributed by atoms with van der Waals surface area (Å²) in [6, 6.07) is 5.51. The van der Waals surface area contributed by atoms with Gasteiger partial charge >= 0.3 is 0 Å². The molecule has 0 radical (unpaired) electrons. The summed E-state index contributed by atoms with van der Waals surface area (Å²) in [6.07, 6.45) is 2.38. The summed E-state index contributed by atoms with van der Waals surface area (Å²) in [6.45, 7) is 4.90. The van der Waals surface area contributed by atoms with E-state index in [0.29, 0.717) is 22.4 Å². The van der Waals surface area contributed by atoms with E-state index in [1.54, 1.807) is 18.2 Å². The number of nitrogens with one attached hydrogen (secondary N) is 1. The summed E-state index contributed by atoms with van der Waals surface area (Å²) < 4.78 is 0. The van der Waals surface area contributed by atoms with Crippen LogP contribution in [0.2, 0.25) is 5.02 Å². The molecule has 1 atom stereocenters. The maximum absolute atomic E-state index is 12.2. The van der Waals surface area contributed by atoms with Crippen LogP contribution in [0.25, 0.3) is 0 Å². The molecule has 2 rings (SSSR count). The van der Waals surface area contributed by atoms with Crippen molar-refractivity contribution in [3.63, 3.8) is 0 Å². The number of hydrogen-bond acceptors (Lipinski definition) is 3. The number of amides is 1. The lowest BCUT2D eigenvalue weighted by atomic mass is 10.2. The van der Waals surface area contributed by atoms with Gasteiger partial charge in [-0.1, -0.05) is 18.5 Å². The van der Waals surface area contributed by atoms with Crippen LogP contribution in [0.4, 0.5) is 11.4 Å². The van der Waals surface area contributed by atoms with Crippen LogP contribution in [0.1, 0.15) is 26.7 Å². The molecule has 0 bridgehead atoms. The SMILES string of the molecule is CCN(C1CC1)C(C)C(=O)Nc1ccc(Cl)cc1N. The number of halogens is 1. The van der Waals surface area contributed by atoms with Crippen molar-refractivity contribution >= 4 is 28.9 Å². The third-order valence-electron chi connectivity index (χ3n) is 3.53. The minimum Gasteiger partial charge on any atom is -0.397 e. The number of likely N-dealkylation sites (N-methyl/N-ethyl adjacent to an activating group) is 1. The summed E-state index contributed by atoms with van der Waals surface area (Å²) in [5, 5.41) is 3.44. The second-order valence-electron chi connectivity index (χ2n) is 4.96. The third-order valence-corrected chi connectivity index (χ3v) is 3.76. The maximum atomic E-state index is 12.2. The van der Waals surface area contributed by atoms with E-state index in [4.69, 9.17) is 17.3 Å². The fourth-order valence-electron chi connectivity index (χ4n) is 2.29.